The molecule has 0 spiro atoms. The molecule has 2 saturated heterocycles. The summed E-state index contributed by atoms with van der Waals surface area (Å²) in [4.78, 5) is 11.7. The SMILES string of the molecule is CCCCOC[C@H]1O[C@@H](C[N+](=O)[O-])[C@H](OCCCC)[C@@H](OCCCC)[C@@H]1O[C@@H]1O[C@H](COCCCC)[C@@H](OCCCC)[C@H](OCCCC)[C@H]1OCCCC. The van der Waals surface area contributed by atoms with Crippen molar-refractivity contribution in [1.82, 2.24) is 0 Å². The van der Waals surface area contributed by atoms with Crippen LogP contribution in [0.15, 0.2) is 0 Å². The van der Waals surface area contributed by atoms with Crippen LogP contribution in [0.4, 0.5) is 0 Å². The average molecular weight is 778 g/mol. The summed E-state index contributed by atoms with van der Waals surface area (Å²) in [7, 11) is 0. The highest BCUT2D eigenvalue weighted by Gasteiger charge is 2.54. The van der Waals surface area contributed by atoms with Crippen LogP contribution < -0.4 is 0 Å². The van der Waals surface area contributed by atoms with Crippen LogP contribution in [0.25, 0.3) is 0 Å². The molecule has 13 nitrogen and oxygen atoms in total. The zero-order valence-corrected chi connectivity index (χ0v) is 35.1. The summed E-state index contributed by atoms with van der Waals surface area (Å²) in [5.41, 5.74) is 0. The summed E-state index contributed by atoms with van der Waals surface area (Å²) in [6, 6.07) is 0. The highest BCUT2D eigenvalue weighted by atomic mass is 16.7. The van der Waals surface area contributed by atoms with Gasteiger partial charge in [-0.05, 0) is 44.9 Å². The monoisotopic (exact) mass is 778 g/mol. The molecule has 0 aromatic carbocycles. The molecule has 0 aromatic heterocycles. The second-order valence-electron chi connectivity index (χ2n) is 14.7. The topological polar surface area (TPSA) is 135 Å². The Labute approximate surface area is 327 Å². The van der Waals surface area contributed by atoms with Crippen molar-refractivity contribution in [2.75, 3.05) is 66.0 Å². The molecule has 10 atom stereocenters. The fourth-order valence-corrected chi connectivity index (χ4v) is 6.53. The second kappa shape index (κ2) is 31.0. The molecule has 0 aliphatic carbocycles. The number of unbranched alkanes of at least 4 members (excludes halogenated alkanes) is 7. The Morgan fingerprint density at radius 1 is 0.444 bits per heavy atom. The first-order valence-corrected chi connectivity index (χ1v) is 21.7. The van der Waals surface area contributed by atoms with Crippen molar-refractivity contribution in [2.45, 2.75) is 200 Å². The Morgan fingerprint density at radius 3 is 1.22 bits per heavy atom. The van der Waals surface area contributed by atoms with E-state index in [9.17, 15) is 10.1 Å². The molecule has 0 aromatic rings. The Hall–Kier alpha value is -1.00. The standard InChI is InChI=1S/C41H79NO12/c1-8-15-22-45-30-33-36(48-25-18-11-4)39(50-27-20-13-6)40(51-28-21-14-7)41(53-33)54-37-34(31-46-23-16-9-2)52-32(29-42(43)44)35(47-24-17-10-3)38(37)49-26-19-12-5/h32-41H,8-31H2,1-7H3/t32-,33+,34+,35-,36+,37+,38+,39-,40+,41-/m0/s1. The molecule has 54 heavy (non-hydrogen) atoms. The van der Waals surface area contributed by atoms with Gasteiger partial charge in [-0.25, -0.2) is 0 Å². The molecule has 0 bridgehead atoms. The van der Waals surface area contributed by atoms with Crippen molar-refractivity contribution in [3.8, 4) is 0 Å². The molecule has 2 fully saturated rings. The van der Waals surface area contributed by atoms with E-state index >= 15 is 0 Å². The van der Waals surface area contributed by atoms with E-state index in [1.807, 2.05) is 0 Å². The number of ether oxygens (including phenoxy) is 10. The van der Waals surface area contributed by atoms with Gasteiger partial charge in [-0.2, -0.15) is 0 Å². The molecule has 0 radical (unpaired) electrons. The van der Waals surface area contributed by atoms with E-state index in [0.29, 0.717) is 52.9 Å². The first kappa shape index (κ1) is 49.1. The number of hydrogen-bond donors (Lipinski definition) is 0. The summed E-state index contributed by atoms with van der Waals surface area (Å²) < 4.78 is 66.0. The maximum Gasteiger partial charge on any atom is 0.232 e. The molecule has 13 heteroatoms. The third-order valence-corrected chi connectivity index (χ3v) is 9.83. The van der Waals surface area contributed by atoms with E-state index in [1.54, 1.807) is 0 Å². The summed E-state index contributed by atoms with van der Waals surface area (Å²) in [5, 5.41) is 12.0. The summed E-state index contributed by atoms with van der Waals surface area (Å²) >= 11 is 0. The molecule has 2 heterocycles. The van der Waals surface area contributed by atoms with Crippen LogP contribution in [0.1, 0.15) is 138 Å². The van der Waals surface area contributed by atoms with E-state index in [4.69, 9.17) is 47.4 Å². The Kier molecular flexibility index (Phi) is 28.3. The zero-order valence-electron chi connectivity index (χ0n) is 35.1. The average Bonchev–Trinajstić information content (AvgIpc) is 3.15. The molecule has 0 unspecified atom stereocenters. The molecule has 320 valence electrons. The lowest BCUT2D eigenvalue weighted by atomic mass is 9.93. The lowest BCUT2D eigenvalue weighted by Gasteiger charge is -2.50. The van der Waals surface area contributed by atoms with E-state index in [1.165, 1.54) is 0 Å². The van der Waals surface area contributed by atoms with Crippen LogP contribution in [-0.2, 0) is 47.4 Å². The van der Waals surface area contributed by atoms with Crippen LogP contribution in [0.5, 0.6) is 0 Å². The maximum absolute atomic E-state index is 12.0. The minimum atomic E-state index is -0.911. The van der Waals surface area contributed by atoms with Gasteiger partial charge in [0.15, 0.2) is 12.4 Å². The molecule has 2 rings (SSSR count). The predicted octanol–water partition coefficient (Wildman–Crippen LogP) is 7.70. The van der Waals surface area contributed by atoms with E-state index in [-0.39, 0.29) is 11.5 Å². The first-order valence-electron chi connectivity index (χ1n) is 21.7. The number of nitrogens with zero attached hydrogens (tertiary/aromatic N) is 1. The van der Waals surface area contributed by atoms with Gasteiger partial charge in [-0.3, -0.25) is 10.1 Å². The number of rotatable bonds is 34. The van der Waals surface area contributed by atoms with Crippen LogP contribution in [-0.4, -0.2) is 132 Å². The number of nitro groups is 1. The minimum Gasteiger partial charge on any atom is -0.379 e. The van der Waals surface area contributed by atoms with Crippen LogP contribution in [0, 0.1) is 10.1 Å². The van der Waals surface area contributed by atoms with Crippen LogP contribution in [0.3, 0.4) is 0 Å². The van der Waals surface area contributed by atoms with Crippen molar-refractivity contribution in [3.63, 3.8) is 0 Å². The third kappa shape index (κ3) is 18.1. The predicted molar refractivity (Wildman–Crippen MR) is 209 cm³/mol. The fraction of sp³-hybridized carbons (Fsp3) is 1.00. The van der Waals surface area contributed by atoms with Crippen molar-refractivity contribution >= 4 is 0 Å². The lowest BCUT2D eigenvalue weighted by molar-refractivity contribution is -0.500. The van der Waals surface area contributed by atoms with Gasteiger partial charge in [0.25, 0.3) is 0 Å². The molecular weight excluding hydrogens is 698 g/mol. The summed E-state index contributed by atoms with van der Waals surface area (Å²) in [5.74, 6) is 0. The van der Waals surface area contributed by atoms with Gasteiger partial charge in [-0.1, -0.05) is 93.4 Å². The Balaban J connectivity index is 2.65. The number of hydrogen-bond acceptors (Lipinski definition) is 12. The highest BCUT2D eigenvalue weighted by molar-refractivity contribution is 4.99. The fourth-order valence-electron chi connectivity index (χ4n) is 6.53. The zero-order chi connectivity index (χ0) is 39.4. The summed E-state index contributed by atoms with van der Waals surface area (Å²) in [6.45, 7) is 18.5. The molecule has 2 aliphatic heterocycles. The van der Waals surface area contributed by atoms with Crippen molar-refractivity contribution < 1.29 is 52.3 Å². The molecule has 0 amide bonds. The largest absolute Gasteiger partial charge is 0.379 e. The molecule has 0 N–H and O–H groups in total. The lowest BCUT2D eigenvalue weighted by Crippen LogP contribution is -2.67. The molecule has 0 saturated carbocycles. The van der Waals surface area contributed by atoms with Gasteiger partial charge in [0.05, 0.1) is 13.2 Å². The van der Waals surface area contributed by atoms with Gasteiger partial charge < -0.3 is 47.4 Å². The van der Waals surface area contributed by atoms with Crippen molar-refractivity contribution in [3.05, 3.63) is 10.1 Å². The highest BCUT2D eigenvalue weighted by Crippen LogP contribution is 2.35. The van der Waals surface area contributed by atoms with Crippen LogP contribution >= 0.6 is 0 Å². The minimum absolute atomic E-state index is 0.172. The van der Waals surface area contributed by atoms with Crippen LogP contribution in [0.2, 0.25) is 0 Å². The van der Waals surface area contributed by atoms with Gasteiger partial charge in [0.1, 0.15) is 48.8 Å². The van der Waals surface area contributed by atoms with E-state index < -0.39 is 67.8 Å². The van der Waals surface area contributed by atoms with E-state index in [0.717, 1.165) is 89.9 Å². The normalized spacial score (nSPS) is 28.8. The van der Waals surface area contributed by atoms with Crippen molar-refractivity contribution in [2.24, 2.45) is 0 Å². The van der Waals surface area contributed by atoms with Gasteiger partial charge in [0, 0.05) is 51.2 Å². The molecular formula is C41H79NO12. The smallest absolute Gasteiger partial charge is 0.232 e. The summed E-state index contributed by atoms with van der Waals surface area (Å²) in [6.07, 6.45) is 6.13. The third-order valence-electron chi connectivity index (χ3n) is 9.83. The quantitative estimate of drug-likeness (QED) is 0.0360. The van der Waals surface area contributed by atoms with Crippen molar-refractivity contribution in [1.29, 1.82) is 0 Å². The Morgan fingerprint density at radius 2 is 0.796 bits per heavy atom. The first-order chi connectivity index (χ1) is 26.4. The van der Waals surface area contributed by atoms with Gasteiger partial charge in [0.2, 0.25) is 6.54 Å². The maximum atomic E-state index is 12.0. The second-order valence-corrected chi connectivity index (χ2v) is 14.7. The van der Waals surface area contributed by atoms with Gasteiger partial charge >= 0.3 is 0 Å². The van der Waals surface area contributed by atoms with Gasteiger partial charge in [-0.15, -0.1) is 0 Å². The molecule has 2 aliphatic rings. The Bertz CT molecular complexity index is 902. The van der Waals surface area contributed by atoms with E-state index in [2.05, 4.69) is 48.5 Å².